The van der Waals surface area contributed by atoms with Gasteiger partial charge < -0.3 is 10.2 Å². The van der Waals surface area contributed by atoms with Crippen LogP contribution < -0.4 is 5.32 Å². The maximum atomic E-state index is 12.6. The zero-order chi connectivity index (χ0) is 28.2. The molecule has 4 nitrogen and oxygen atoms in total. The van der Waals surface area contributed by atoms with Gasteiger partial charge in [0.2, 0.25) is 5.91 Å². The van der Waals surface area contributed by atoms with Gasteiger partial charge in [-0.15, -0.1) is 0 Å². The molecule has 1 amide bonds. The molecule has 0 bridgehead atoms. The third-order valence-corrected chi connectivity index (χ3v) is 7.95. The van der Waals surface area contributed by atoms with Crippen LogP contribution >= 0.6 is 0 Å². The van der Waals surface area contributed by atoms with Crippen molar-refractivity contribution in [1.82, 2.24) is 5.32 Å². The average molecular weight is 527 g/mol. The number of hydrogen-bond donors (Lipinski definition) is 1. The SMILES string of the molecule is C=C(CNC(=O)[C@H](CC)CCC(C)CC)O/N=C(/c1ccc(CCCCCCCCCC)cc1)C(C)CC. The van der Waals surface area contributed by atoms with Gasteiger partial charge in [-0.05, 0) is 55.6 Å². The van der Waals surface area contributed by atoms with Gasteiger partial charge in [-0.2, -0.15) is 0 Å². The molecule has 0 fully saturated rings. The number of unbranched alkanes of at least 4 members (excludes halogenated alkanes) is 7. The fourth-order valence-electron chi connectivity index (χ4n) is 4.61. The highest BCUT2D eigenvalue weighted by Crippen LogP contribution is 2.19. The van der Waals surface area contributed by atoms with Crippen molar-refractivity contribution in [3.05, 3.63) is 47.7 Å². The number of hydrogen-bond acceptors (Lipinski definition) is 3. The number of aryl methyl sites for hydroxylation is 1. The minimum atomic E-state index is 0.0419. The van der Waals surface area contributed by atoms with Crippen molar-refractivity contribution in [2.45, 2.75) is 131 Å². The molecule has 216 valence electrons. The van der Waals surface area contributed by atoms with Crippen molar-refractivity contribution in [3.63, 3.8) is 0 Å². The molecule has 0 heterocycles. The summed E-state index contributed by atoms with van der Waals surface area (Å²) in [5.74, 6) is 1.50. The van der Waals surface area contributed by atoms with Gasteiger partial charge >= 0.3 is 0 Å². The molecule has 1 aromatic rings. The third kappa shape index (κ3) is 14.2. The molecule has 0 aromatic heterocycles. The maximum Gasteiger partial charge on any atom is 0.223 e. The molecule has 0 spiro atoms. The normalized spacial score (nSPS) is 14.1. The number of carbonyl (C=O) groups excluding carboxylic acids is 1. The average Bonchev–Trinajstić information content (AvgIpc) is 2.93. The summed E-state index contributed by atoms with van der Waals surface area (Å²) in [5, 5.41) is 7.49. The highest BCUT2D eigenvalue weighted by atomic mass is 16.6. The summed E-state index contributed by atoms with van der Waals surface area (Å²) in [6, 6.07) is 8.80. The van der Waals surface area contributed by atoms with Gasteiger partial charge in [0.1, 0.15) is 5.76 Å². The van der Waals surface area contributed by atoms with Crippen molar-refractivity contribution >= 4 is 11.6 Å². The van der Waals surface area contributed by atoms with Crippen LogP contribution in [0.25, 0.3) is 0 Å². The van der Waals surface area contributed by atoms with Crippen LogP contribution in [-0.4, -0.2) is 18.2 Å². The van der Waals surface area contributed by atoms with Gasteiger partial charge in [0.05, 0.1) is 12.3 Å². The van der Waals surface area contributed by atoms with Gasteiger partial charge in [0.25, 0.3) is 0 Å². The van der Waals surface area contributed by atoms with E-state index in [1.807, 2.05) is 0 Å². The quantitative estimate of drug-likeness (QED) is 0.0707. The Balaban J connectivity index is 2.57. The van der Waals surface area contributed by atoms with Crippen LogP contribution in [0.1, 0.15) is 136 Å². The van der Waals surface area contributed by atoms with E-state index in [1.54, 1.807) is 0 Å². The Morgan fingerprint density at radius 3 is 2.08 bits per heavy atom. The van der Waals surface area contributed by atoms with Crippen molar-refractivity contribution in [2.75, 3.05) is 6.54 Å². The number of nitrogens with zero attached hydrogens (tertiary/aromatic N) is 1. The maximum absolute atomic E-state index is 12.6. The van der Waals surface area contributed by atoms with Crippen LogP contribution in [0.3, 0.4) is 0 Å². The number of rotatable bonds is 22. The number of carbonyl (C=O) groups is 1. The van der Waals surface area contributed by atoms with E-state index in [0.29, 0.717) is 11.7 Å². The lowest BCUT2D eigenvalue weighted by atomic mass is 9.93. The van der Waals surface area contributed by atoms with Gasteiger partial charge in [-0.25, -0.2) is 0 Å². The first kappa shape index (κ1) is 33.9. The van der Waals surface area contributed by atoms with E-state index < -0.39 is 0 Å². The van der Waals surface area contributed by atoms with E-state index >= 15 is 0 Å². The zero-order valence-corrected chi connectivity index (χ0v) is 25.6. The van der Waals surface area contributed by atoms with Crippen molar-refractivity contribution in [2.24, 2.45) is 22.9 Å². The van der Waals surface area contributed by atoms with Crippen molar-refractivity contribution in [1.29, 1.82) is 0 Å². The first-order chi connectivity index (χ1) is 18.4. The van der Waals surface area contributed by atoms with E-state index in [2.05, 4.69) is 82.9 Å². The van der Waals surface area contributed by atoms with Crippen molar-refractivity contribution < 1.29 is 9.63 Å². The third-order valence-electron chi connectivity index (χ3n) is 7.95. The Kier molecular flexibility index (Phi) is 18.6. The first-order valence-corrected chi connectivity index (χ1v) is 15.7. The topological polar surface area (TPSA) is 50.7 Å². The summed E-state index contributed by atoms with van der Waals surface area (Å²) < 4.78 is 0. The molecular formula is C34H58N2O2. The molecule has 38 heavy (non-hydrogen) atoms. The van der Waals surface area contributed by atoms with Crippen LogP contribution in [0.5, 0.6) is 0 Å². The van der Waals surface area contributed by atoms with Crippen LogP contribution in [0.2, 0.25) is 0 Å². The number of oxime groups is 1. The van der Waals surface area contributed by atoms with Gasteiger partial charge in [0.15, 0.2) is 0 Å². The van der Waals surface area contributed by atoms with Gasteiger partial charge in [-0.3, -0.25) is 4.79 Å². The second kappa shape index (κ2) is 20.8. The summed E-state index contributed by atoms with van der Waals surface area (Å²) in [6.45, 7) is 17.4. The van der Waals surface area contributed by atoms with Crippen LogP contribution in [0.4, 0.5) is 0 Å². The lowest BCUT2D eigenvalue weighted by Gasteiger charge is -2.17. The Morgan fingerprint density at radius 1 is 0.868 bits per heavy atom. The van der Waals surface area contributed by atoms with Crippen LogP contribution in [0, 0.1) is 17.8 Å². The van der Waals surface area contributed by atoms with Crippen LogP contribution in [-0.2, 0) is 16.1 Å². The smallest absolute Gasteiger partial charge is 0.223 e. The summed E-state index contributed by atoms with van der Waals surface area (Å²) >= 11 is 0. The minimum absolute atomic E-state index is 0.0419. The van der Waals surface area contributed by atoms with Crippen LogP contribution in [0.15, 0.2) is 41.8 Å². The molecule has 1 aromatic carbocycles. The lowest BCUT2D eigenvalue weighted by Crippen LogP contribution is -2.32. The zero-order valence-electron chi connectivity index (χ0n) is 25.6. The molecule has 4 heteroatoms. The van der Waals surface area contributed by atoms with E-state index in [-0.39, 0.29) is 24.3 Å². The van der Waals surface area contributed by atoms with Gasteiger partial charge in [-0.1, -0.05) is 129 Å². The molecule has 1 N–H and O–H groups in total. The highest BCUT2D eigenvalue weighted by Gasteiger charge is 2.18. The number of amides is 1. The molecule has 2 unspecified atom stereocenters. The number of nitrogens with one attached hydrogen (secondary N) is 1. The molecule has 0 saturated heterocycles. The molecule has 0 aliphatic rings. The summed E-state index contributed by atoms with van der Waals surface area (Å²) in [5.41, 5.74) is 3.40. The lowest BCUT2D eigenvalue weighted by molar-refractivity contribution is -0.125. The second-order valence-electron chi connectivity index (χ2n) is 11.3. The van der Waals surface area contributed by atoms with E-state index in [0.717, 1.165) is 49.8 Å². The Labute approximate surface area is 235 Å². The van der Waals surface area contributed by atoms with E-state index in [1.165, 1.54) is 56.9 Å². The summed E-state index contributed by atoms with van der Waals surface area (Å²) in [7, 11) is 0. The molecular weight excluding hydrogens is 468 g/mol. The predicted molar refractivity (Wildman–Crippen MR) is 164 cm³/mol. The van der Waals surface area contributed by atoms with Crippen molar-refractivity contribution in [3.8, 4) is 0 Å². The van der Waals surface area contributed by atoms with E-state index in [4.69, 9.17) is 4.84 Å². The second-order valence-corrected chi connectivity index (χ2v) is 11.3. The Bertz CT molecular complexity index is 799. The molecule has 3 atom stereocenters. The minimum Gasteiger partial charge on any atom is -0.360 e. The standard InChI is InChI=1S/C34H58N2O2/c1-8-12-13-14-15-16-17-18-19-30-21-24-32(25-22-30)33(28(6)10-3)36-38-29(7)26-35-34(37)31(11-4)23-20-27(5)9-2/h21-22,24-25,27-28,31H,7-20,23,26H2,1-6H3,(H,35,37)/b36-33+/t27?,28?,31-/m1/s1. The largest absolute Gasteiger partial charge is 0.360 e. The van der Waals surface area contributed by atoms with E-state index in [9.17, 15) is 4.79 Å². The molecule has 1 rings (SSSR count). The summed E-state index contributed by atoms with van der Waals surface area (Å²) in [4.78, 5) is 18.3. The Hall–Kier alpha value is -2.10. The van der Waals surface area contributed by atoms with Gasteiger partial charge in [0, 0.05) is 11.8 Å². The predicted octanol–water partition coefficient (Wildman–Crippen LogP) is 9.62. The molecule has 0 aliphatic carbocycles. The number of benzene rings is 1. The summed E-state index contributed by atoms with van der Waals surface area (Å²) in [6.07, 6.45) is 16.9. The highest BCUT2D eigenvalue weighted by molar-refractivity contribution is 6.01. The fraction of sp³-hybridized carbons (Fsp3) is 0.706. The monoisotopic (exact) mass is 526 g/mol. The fourth-order valence-corrected chi connectivity index (χ4v) is 4.61. The molecule has 0 saturated carbocycles. The molecule has 0 aliphatic heterocycles. The molecule has 0 radical (unpaired) electrons. The Morgan fingerprint density at radius 2 is 1.50 bits per heavy atom. The first-order valence-electron chi connectivity index (χ1n) is 15.7.